The van der Waals surface area contributed by atoms with E-state index in [1.807, 2.05) is 0 Å². The molecule has 1 aromatic carbocycles. The molecule has 4 heteroatoms. The van der Waals surface area contributed by atoms with E-state index in [1.54, 1.807) is 18.2 Å². The second-order valence-electron chi connectivity index (χ2n) is 7.02. The fourth-order valence-electron chi connectivity index (χ4n) is 3.73. The van der Waals surface area contributed by atoms with Crippen LogP contribution in [-0.4, -0.2) is 12.5 Å². The summed E-state index contributed by atoms with van der Waals surface area (Å²) in [7, 11) is 0. The molecule has 2 aliphatic carbocycles. The fraction of sp³-hybridized carbons (Fsp3) is 0.611. The normalized spacial score (nSPS) is 20.6. The lowest BCUT2D eigenvalue weighted by atomic mass is 9.70. The molecular weight excluding hydrogens is 317 g/mol. The van der Waals surface area contributed by atoms with Crippen molar-refractivity contribution in [2.75, 3.05) is 6.54 Å². The summed E-state index contributed by atoms with van der Waals surface area (Å²) in [6, 6.07) is 5.04. The van der Waals surface area contributed by atoms with E-state index in [-0.39, 0.29) is 5.91 Å². The van der Waals surface area contributed by atoms with Gasteiger partial charge in [0.05, 0.1) is 10.6 Å². The Morgan fingerprint density at radius 1 is 1.18 bits per heavy atom. The van der Waals surface area contributed by atoms with Crippen molar-refractivity contribution in [1.82, 2.24) is 5.32 Å². The molecule has 120 valence electrons. The molecule has 1 aromatic rings. The van der Waals surface area contributed by atoms with Crippen LogP contribution in [0.15, 0.2) is 18.2 Å². The summed E-state index contributed by atoms with van der Waals surface area (Å²) in [5.41, 5.74) is 0.831. The zero-order chi connectivity index (χ0) is 15.6. The van der Waals surface area contributed by atoms with Crippen LogP contribution in [-0.2, 0) is 0 Å². The Morgan fingerprint density at radius 2 is 1.91 bits per heavy atom. The molecule has 0 heterocycles. The maximum atomic E-state index is 12.4. The zero-order valence-corrected chi connectivity index (χ0v) is 14.3. The summed E-state index contributed by atoms with van der Waals surface area (Å²) in [4.78, 5) is 12.4. The van der Waals surface area contributed by atoms with Gasteiger partial charge in [-0.25, -0.2) is 0 Å². The van der Waals surface area contributed by atoms with E-state index in [2.05, 4.69) is 5.32 Å². The third-order valence-electron chi connectivity index (χ3n) is 5.13. The number of hydrogen-bond donors (Lipinski definition) is 1. The van der Waals surface area contributed by atoms with Crippen LogP contribution in [0.4, 0.5) is 0 Å². The number of hydrogen-bond acceptors (Lipinski definition) is 1. The van der Waals surface area contributed by atoms with E-state index in [4.69, 9.17) is 23.2 Å². The van der Waals surface area contributed by atoms with Crippen molar-refractivity contribution in [3.8, 4) is 0 Å². The molecular formula is C18H23Cl2NO. The van der Waals surface area contributed by atoms with Gasteiger partial charge in [0.2, 0.25) is 0 Å². The number of amides is 1. The third-order valence-corrected chi connectivity index (χ3v) is 5.68. The van der Waals surface area contributed by atoms with E-state index in [1.165, 1.54) is 51.4 Å². The molecule has 0 saturated heterocycles. The van der Waals surface area contributed by atoms with Crippen LogP contribution >= 0.6 is 23.2 Å². The molecule has 0 unspecified atom stereocenters. The van der Waals surface area contributed by atoms with Gasteiger partial charge < -0.3 is 5.32 Å². The average molecular weight is 340 g/mol. The second-order valence-corrected chi connectivity index (χ2v) is 7.86. The van der Waals surface area contributed by atoms with E-state index in [0.29, 0.717) is 21.0 Å². The number of halogens is 2. The predicted octanol–water partition coefficient (Wildman–Crippen LogP) is 5.47. The Bertz CT molecular complexity index is 548. The minimum atomic E-state index is -0.0811. The van der Waals surface area contributed by atoms with Gasteiger partial charge in [-0.3, -0.25) is 4.79 Å². The Labute approximate surface area is 142 Å². The van der Waals surface area contributed by atoms with Crippen LogP contribution in [0.2, 0.25) is 10.0 Å². The van der Waals surface area contributed by atoms with Gasteiger partial charge in [0.15, 0.2) is 0 Å². The molecule has 0 aliphatic heterocycles. The van der Waals surface area contributed by atoms with Crippen molar-refractivity contribution in [3.05, 3.63) is 33.8 Å². The van der Waals surface area contributed by atoms with Crippen molar-refractivity contribution < 1.29 is 4.79 Å². The summed E-state index contributed by atoms with van der Waals surface area (Å²) < 4.78 is 0. The van der Waals surface area contributed by atoms with Crippen LogP contribution in [0, 0.1) is 11.3 Å². The third kappa shape index (κ3) is 3.97. The van der Waals surface area contributed by atoms with Crippen molar-refractivity contribution in [3.63, 3.8) is 0 Å². The van der Waals surface area contributed by atoms with Gasteiger partial charge in [0, 0.05) is 11.6 Å². The molecule has 0 bridgehead atoms. The monoisotopic (exact) mass is 339 g/mol. The summed E-state index contributed by atoms with van der Waals surface area (Å²) >= 11 is 12.0. The summed E-state index contributed by atoms with van der Waals surface area (Å²) in [6.07, 6.45) is 10.5. The largest absolute Gasteiger partial charge is 0.351 e. The Morgan fingerprint density at radius 3 is 2.55 bits per heavy atom. The molecule has 22 heavy (non-hydrogen) atoms. The highest BCUT2D eigenvalue weighted by Gasteiger charge is 2.38. The molecule has 1 amide bonds. The van der Waals surface area contributed by atoms with Crippen LogP contribution < -0.4 is 5.32 Å². The standard InChI is InChI=1S/C18H23Cl2NO/c19-14-6-7-15(16(20)10-14)17(22)21-12-18(11-13-4-5-13)8-2-1-3-9-18/h6-7,10,13H,1-5,8-9,11-12H2,(H,21,22). The summed E-state index contributed by atoms with van der Waals surface area (Å²) in [5, 5.41) is 4.11. The van der Waals surface area contributed by atoms with Crippen LogP contribution in [0.5, 0.6) is 0 Å². The van der Waals surface area contributed by atoms with Crippen molar-refractivity contribution in [1.29, 1.82) is 0 Å². The Hall–Kier alpha value is -0.730. The van der Waals surface area contributed by atoms with Crippen LogP contribution in [0.1, 0.15) is 61.7 Å². The van der Waals surface area contributed by atoms with Gasteiger partial charge in [-0.15, -0.1) is 0 Å². The SMILES string of the molecule is O=C(NCC1(CC2CC2)CCCCC1)c1ccc(Cl)cc1Cl. The minimum absolute atomic E-state index is 0.0811. The number of benzene rings is 1. The quantitative estimate of drug-likeness (QED) is 0.756. The lowest BCUT2D eigenvalue weighted by Gasteiger charge is -2.38. The first-order valence-electron chi connectivity index (χ1n) is 8.31. The number of nitrogens with one attached hydrogen (secondary N) is 1. The van der Waals surface area contributed by atoms with Crippen molar-refractivity contribution in [2.45, 2.75) is 51.4 Å². The molecule has 3 rings (SSSR count). The molecule has 2 nitrogen and oxygen atoms in total. The minimum Gasteiger partial charge on any atom is -0.351 e. The molecule has 2 fully saturated rings. The highest BCUT2D eigenvalue weighted by molar-refractivity contribution is 6.36. The number of carbonyl (C=O) groups excluding carboxylic acids is 1. The van der Waals surface area contributed by atoms with Gasteiger partial charge in [0.1, 0.15) is 0 Å². The topological polar surface area (TPSA) is 29.1 Å². The predicted molar refractivity (Wildman–Crippen MR) is 91.7 cm³/mol. The van der Waals surface area contributed by atoms with Crippen molar-refractivity contribution >= 4 is 29.1 Å². The van der Waals surface area contributed by atoms with Gasteiger partial charge in [-0.1, -0.05) is 55.3 Å². The van der Waals surface area contributed by atoms with E-state index in [9.17, 15) is 4.79 Å². The van der Waals surface area contributed by atoms with Crippen LogP contribution in [0.25, 0.3) is 0 Å². The fourth-order valence-corrected chi connectivity index (χ4v) is 4.22. The number of rotatable bonds is 5. The Kier molecular flexibility index (Phi) is 4.99. The first kappa shape index (κ1) is 16.1. The van der Waals surface area contributed by atoms with E-state index < -0.39 is 0 Å². The highest BCUT2D eigenvalue weighted by Crippen LogP contribution is 2.47. The van der Waals surface area contributed by atoms with E-state index >= 15 is 0 Å². The van der Waals surface area contributed by atoms with Crippen molar-refractivity contribution in [2.24, 2.45) is 11.3 Å². The zero-order valence-electron chi connectivity index (χ0n) is 12.8. The molecule has 0 aromatic heterocycles. The van der Waals surface area contributed by atoms with Gasteiger partial charge in [-0.2, -0.15) is 0 Å². The van der Waals surface area contributed by atoms with Crippen LogP contribution in [0.3, 0.4) is 0 Å². The van der Waals surface area contributed by atoms with Gasteiger partial charge in [-0.05, 0) is 48.8 Å². The van der Waals surface area contributed by atoms with E-state index in [0.717, 1.165) is 12.5 Å². The summed E-state index contributed by atoms with van der Waals surface area (Å²) in [6.45, 7) is 0.779. The molecule has 0 radical (unpaired) electrons. The molecule has 0 spiro atoms. The average Bonchev–Trinajstić information content (AvgIpc) is 3.30. The Balaban J connectivity index is 1.64. The highest BCUT2D eigenvalue weighted by atomic mass is 35.5. The smallest absolute Gasteiger partial charge is 0.252 e. The van der Waals surface area contributed by atoms with Gasteiger partial charge >= 0.3 is 0 Å². The first-order valence-corrected chi connectivity index (χ1v) is 9.07. The first-order chi connectivity index (χ1) is 10.6. The lowest BCUT2D eigenvalue weighted by Crippen LogP contribution is -2.39. The lowest BCUT2D eigenvalue weighted by molar-refractivity contribution is 0.0895. The summed E-state index contributed by atoms with van der Waals surface area (Å²) in [5.74, 6) is 0.816. The number of carbonyl (C=O) groups is 1. The molecule has 1 N–H and O–H groups in total. The molecule has 2 saturated carbocycles. The second kappa shape index (κ2) is 6.80. The maximum absolute atomic E-state index is 12.4. The van der Waals surface area contributed by atoms with Gasteiger partial charge in [0.25, 0.3) is 5.91 Å². The molecule has 2 aliphatic rings. The maximum Gasteiger partial charge on any atom is 0.252 e. The molecule has 0 atom stereocenters.